The largest absolute Gasteiger partial charge is 0.321 e. The maximum absolute atomic E-state index is 13.1. The number of rotatable bonds is 6. The van der Waals surface area contributed by atoms with E-state index in [0.717, 1.165) is 45.9 Å². The van der Waals surface area contributed by atoms with Crippen molar-refractivity contribution < 1.29 is 9.18 Å². The Kier molecular flexibility index (Phi) is 6.01. The van der Waals surface area contributed by atoms with Crippen LogP contribution < -0.4 is 5.32 Å². The first-order chi connectivity index (χ1) is 13.0. The number of aryl methyl sites for hydroxylation is 3. The Balaban J connectivity index is 1.82. The number of aromatic nitrogens is 1. The molecule has 0 aliphatic heterocycles. The molecule has 0 unspecified atom stereocenters. The molecule has 0 atom stereocenters. The Morgan fingerprint density at radius 2 is 1.70 bits per heavy atom. The highest BCUT2D eigenvalue weighted by atomic mass is 32.1. The fourth-order valence-corrected chi connectivity index (χ4v) is 4.08. The number of carbonyl (C=O) groups excluding carboxylic acids is 1. The van der Waals surface area contributed by atoms with Gasteiger partial charge in [-0.1, -0.05) is 44.2 Å². The Morgan fingerprint density at radius 3 is 2.30 bits per heavy atom. The van der Waals surface area contributed by atoms with Crippen LogP contribution in [-0.4, -0.2) is 10.9 Å². The number of halogens is 1. The highest BCUT2D eigenvalue weighted by Crippen LogP contribution is 2.26. The molecule has 0 saturated carbocycles. The standard InChI is InChI=1S/C22H23FN2OS/c1-4-16-7-6-8-17(5-2)20(16)25-22(26)21-14(3)24-19(27-21)13-15-9-11-18(23)12-10-15/h6-12H,4-5,13H2,1-3H3,(H,25,26). The van der Waals surface area contributed by atoms with Gasteiger partial charge >= 0.3 is 0 Å². The van der Waals surface area contributed by atoms with Crippen molar-refractivity contribution in [2.75, 3.05) is 5.32 Å². The number of nitrogens with zero attached hydrogens (tertiary/aromatic N) is 1. The number of nitrogens with one attached hydrogen (secondary N) is 1. The number of carbonyl (C=O) groups is 1. The third kappa shape index (κ3) is 4.42. The smallest absolute Gasteiger partial charge is 0.267 e. The second-order valence-electron chi connectivity index (χ2n) is 6.44. The lowest BCUT2D eigenvalue weighted by Crippen LogP contribution is -2.14. The second kappa shape index (κ2) is 8.44. The molecule has 3 rings (SSSR count). The van der Waals surface area contributed by atoms with Gasteiger partial charge in [0.15, 0.2) is 0 Å². The van der Waals surface area contributed by atoms with Gasteiger partial charge in [-0.2, -0.15) is 0 Å². The van der Waals surface area contributed by atoms with E-state index < -0.39 is 0 Å². The molecule has 0 bridgehead atoms. The van der Waals surface area contributed by atoms with Crippen LogP contribution in [-0.2, 0) is 19.3 Å². The number of hydrogen-bond acceptors (Lipinski definition) is 3. The molecule has 0 spiro atoms. The summed E-state index contributed by atoms with van der Waals surface area (Å²) in [6, 6.07) is 12.5. The fraction of sp³-hybridized carbons (Fsp3) is 0.273. The molecular formula is C22H23FN2OS. The van der Waals surface area contributed by atoms with Gasteiger partial charge in [-0.3, -0.25) is 4.79 Å². The Morgan fingerprint density at radius 1 is 1.07 bits per heavy atom. The average molecular weight is 383 g/mol. The van der Waals surface area contributed by atoms with E-state index in [-0.39, 0.29) is 11.7 Å². The lowest BCUT2D eigenvalue weighted by Gasteiger charge is -2.14. The van der Waals surface area contributed by atoms with Crippen molar-refractivity contribution in [2.24, 2.45) is 0 Å². The minimum absolute atomic E-state index is 0.119. The third-order valence-electron chi connectivity index (χ3n) is 4.55. The molecule has 5 heteroatoms. The normalized spacial score (nSPS) is 10.8. The van der Waals surface area contributed by atoms with Crippen LogP contribution in [0.2, 0.25) is 0 Å². The van der Waals surface area contributed by atoms with E-state index in [1.165, 1.54) is 23.5 Å². The van der Waals surface area contributed by atoms with Crippen LogP contribution in [0.3, 0.4) is 0 Å². The molecule has 3 aromatic rings. The molecule has 140 valence electrons. The molecule has 2 aromatic carbocycles. The Hall–Kier alpha value is -2.53. The van der Waals surface area contributed by atoms with Crippen molar-refractivity contribution in [3.05, 3.63) is 80.6 Å². The van der Waals surface area contributed by atoms with Gasteiger partial charge < -0.3 is 5.32 Å². The Labute approximate surface area is 163 Å². The monoisotopic (exact) mass is 382 g/mol. The van der Waals surface area contributed by atoms with Crippen LogP contribution in [0.5, 0.6) is 0 Å². The third-order valence-corrected chi connectivity index (χ3v) is 5.71. The molecule has 3 nitrogen and oxygen atoms in total. The van der Waals surface area contributed by atoms with Crippen LogP contribution in [0.1, 0.15) is 50.9 Å². The molecule has 1 amide bonds. The van der Waals surface area contributed by atoms with Gasteiger partial charge in [0.1, 0.15) is 10.7 Å². The molecule has 0 fully saturated rings. The van der Waals surface area contributed by atoms with Crippen LogP contribution in [0.15, 0.2) is 42.5 Å². The quantitative estimate of drug-likeness (QED) is 0.606. The SMILES string of the molecule is CCc1cccc(CC)c1NC(=O)c1sc(Cc2ccc(F)cc2)nc1C. The molecule has 0 radical (unpaired) electrons. The molecular weight excluding hydrogens is 359 g/mol. The van der Waals surface area contributed by atoms with Crippen molar-refractivity contribution in [1.29, 1.82) is 0 Å². The van der Waals surface area contributed by atoms with Crippen LogP contribution in [0.25, 0.3) is 0 Å². The zero-order valence-electron chi connectivity index (χ0n) is 15.8. The molecule has 0 saturated heterocycles. The number of thiazole rings is 1. The van der Waals surface area contributed by atoms with E-state index in [1.807, 2.05) is 25.1 Å². The van der Waals surface area contributed by atoms with Crippen LogP contribution in [0, 0.1) is 12.7 Å². The summed E-state index contributed by atoms with van der Waals surface area (Å²) in [5.74, 6) is -0.374. The van der Waals surface area contributed by atoms with Gasteiger partial charge in [-0.25, -0.2) is 9.37 Å². The van der Waals surface area contributed by atoms with E-state index in [9.17, 15) is 9.18 Å². The first-order valence-corrected chi connectivity index (χ1v) is 9.96. The summed E-state index contributed by atoms with van der Waals surface area (Å²) in [7, 11) is 0. The van der Waals surface area contributed by atoms with E-state index in [4.69, 9.17) is 0 Å². The summed E-state index contributed by atoms with van der Waals surface area (Å²) in [6.07, 6.45) is 2.31. The van der Waals surface area contributed by atoms with Gasteiger partial charge in [0.05, 0.1) is 10.7 Å². The number of para-hydroxylation sites is 1. The molecule has 1 N–H and O–H groups in total. The van der Waals surface area contributed by atoms with Gasteiger partial charge in [-0.05, 0) is 48.6 Å². The van der Waals surface area contributed by atoms with Gasteiger partial charge in [-0.15, -0.1) is 11.3 Å². The number of hydrogen-bond donors (Lipinski definition) is 1. The minimum atomic E-state index is -0.254. The summed E-state index contributed by atoms with van der Waals surface area (Å²) < 4.78 is 13.1. The molecule has 1 heterocycles. The van der Waals surface area contributed by atoms with Gasteiger partial charge in [0.2, 0.25) is 0 Å². The maximum atomic E-state index is 13.1. The average Bonchev–Trinajstić information content (AvgIpc) is 3.04. The molecule has 27 heavy (non-hydrogen) atoms. The summed E-state index contributed by atoms with van der Waals surface area (Å²) in [5.41, 5.74) is 4.89. The highest BCUT2D eigenvalue weighted by Gasteiger charge is 2.18. The summed E-state index contributed by atoms with van der Waals surface area (Å²) >= 11 is 1.40. The predicted octanol–water partition coefficient (Wildman–Crippen LogP) is 5.56. The lowest BCUT2D eigenvalue weighted by molar-refractivity contribution is 0.102. The van der Waals surface area contributed by atoms with E-state index in [0.29, 0.717) is 11.3 Å². The highest BCUT2D eigenvalue weighted by molar-refractivity contribution is 7.14. The van der Waals surface area contributed by atoms with Crippen LogP contribution >= 0.6 is 11.3 Å². The first-order valence-electron chi connectivity index (χ1n) is 9.14. The number of benzene rings is 2. The first kappa shape index (κ1) is 19.2. The molecule has 1 aromatic heterocycles. The zero-order valence-corrected chi connectivity index (χ0v) is 16.6. The summed E-state index contributed by atoms with van der Waals surface area (Å²) in [5, 5.41) is 3.96. The lowest BCUT2D eigenvalue weighted by atomic mass is 10.0. The van der Waals surface area contributed by atoms with Gasteiger partial charge in [0.25, 0.3) is 5.91 Å². The summed E-state index contributed by atoms with van der Waals surface area (Å²) in [6.45, 7) is 6.03. The van der Waals surface area contributed by atoms with Crippen molar-refractivity contribution in [3.8, 4) is 0 Å². The van der Waals surface area contributed by atoms with Crippen molar-refractivity contribution in [3.63, 3.8) is 0 Å². The number of anilines is 1. The van der Waals surface area contributed by atoms with E-state index >= 15 is 0 Å². The second-order valence-corrected chi connectivity index (χ2v) is 7.52. The van der Waals surface area contributed by atoms with E-state index in [2.05, 4.69) is 24.1 Å². The van der Waals surface area contributed by atoms with E-state index in [1.54, 1.807) is 12.1 Å². The predicted molar refractivity (Wildman–Crippen MR) is 109 cm³/mol. The topological polar surface area (TPSA) is 42.0 Å². The van der Waals surface area contributed by atoms with Crippen molar-refractivity contribution in [2.45, 2.75) is 40.0 Å². The molecule has 0 aliphatic rings. The minimum Gasteiger partial charge on any atom is -0.321 e. The number of amides is 1. The fourth-order valence-electron chi connectivity index (χ4n) is 3.09. The van der Waals surface area contributed by atoms with Crippen molar-refractivity contribution >= 4 is 22.9 Å². The maximum Gasteiger partial charge on any atom is 0.267 e. The molecule has 0 aliphatic carbocycles. The van der Waals surface area contributed by atoms with Gasteiger partial charge in [0, 0.05) is 12.1 Å². The summed E-state index contributed by atoms with van der Waals surface area (Å²) in [4.78, 5) is 18.1. The van der Waals surface area contributed by atoms with Crippen molar-refractivity contribution in [1.82, 2.24) is 4.98 Å². The van der Waals surface area contributed by atoms with Crippen LogP contribution in [0.4, 0.5) is 10.1 Å². The Bertz CT molecular complexity index is 925. The zero-order chi connectivity index (χ0) is 19.4.